The average molecular weight is 273 g/mol. The smallest absolute Gasteiger partial charge is 0.332 e. The zero-order valence-corrected chi connectivity index (χ0v) is 11.2. The molecule has 0 N–H and O–H groups in total. The van der Waals surface area contributed by atoms with Crippen LogP contribution < -0.4 is 9.47 Å². The standard InChI is InChI=1S/C15H15NO4/c1-11(10-16)20-15(17)6-4-12-3-5-13-14(9-12)19-8-2-7-18-13/h3-6,9,11H,2,7-8H2,1H3/b6-4+/t11-/m0/s1. The Balaban J connectivity index is 2.05. The van der Waals surface area contributed by atoms with Crippen LogP contribution in [-0.2, 0) is 9.53 Å². The van der Waals surface area contributed by atoms with Crippen LogP contribution in [0.4, 0.5) is 0 Å². The van der Waals surface area contributed by atoms with Gasteiger partial charge in [-0.2, -0.15) is 5.26 Å². The minimum absolute atomic E-state index is 0.550. The Morgan fingerprint density at radius 2 is 2.15 bits per heavy atom. The first-order chi connectivity index (χ1) is 9.69. The molecule has 104 valence electrons. The van der Waals surface area contributed by atoms with Gasteiger partial charge in [0.25, 0.3) is 0 Å². The molecule has 0 saturated carbocycles. The number of ether oxygens (including phenoxy) is 3. The molecule has 0 amide bonds. The van der Waals surface area contributed by atoms with E-state index in [1.165, 1.54) is 13.0 Å². The summed E-state index contributed by atoms with van der Waals surface area (Å²) in [6, 6.07) is 7.27. The summed E-state index contributed by atoms with van der Waals surface area (Å²) in [5.41, 5.74) is 0.802. The number of fused-ring (bicyclic) bond motifs is 1. The van der Waals surface area contributed by atoms with Gasteiger partial charge in [-0.05, 0) is 30.7 Å². The monoisotopic (exact) mass is 273 g/mol. The molecule has 1 aromatic carbocycles. The third-order valence-electron chi connectivity index (χ3n) is 2.66. The molecule has 0 aromatic heterocycles. The summed E-state index contributed by atoms with van der Waals surface area (Å²) in [4.78, 5) is 11.4. The van der Waals surface area contributed by atoms with Crippen LogP contribution in [-0.4, -0.2) is 25.3 Å². The molecule has 0 spiro atoms. The predicted octanol–water partition coefficient (Wildman–Crippen LogP) is 2.32. The normalized spacial score (nSPS) is 15.2. The topological polar surface area (TPSA) is 68.5 Å². The molecule has 1 heterocycles. The van der Waals surface area contributed by atoms with E-state index in [1.807, 2.05) is 18.2 Å². The Hall–Kier alpha value is -2.48. The minimum Gasteiger partial charge on any atom is -0.490 e. The second-order valence-electron chi connectivity index (χ2n) is 4.30. The van der Waals surface area contributed by atoms with Gasteiger partial charge in [-0.1, -0.05) is 6.07 Å². The number of hydrogen-bond donors (Lipinski definition) is 0. The van der Waals surface area contributed by atoms with Crippen molar-refractivity contribution in [2.45, 2.75) is 19.4 Å². The van der Waals surface area contributed by atoms with Gasteiger partial charge in [0.05, 0.1) is 13.2 Å². The highest BCUT2D eigenvalue weighted by atomic mass is 16.5. The Morgan fingerprint density at radius 1 is 1.40 bits per heavy atom. The summed E-state index contributed by atoms with van der Waals surface area (Å²) < 4.78 is 15.9. The van der Waals surface area contributed by atoms with E-state index in [9.17, 15) is 4.79 Å². The van der Waals surface area contributed by atoms with Crippen LogP contribution in [0.2, 0.25) is 0 Å². The van der Waals surface area contributed by atoms with E-state index in [2.05, 4.69) is 0 Å². The van der Waals surface area contributed by atoms with Crippen molar-refractivity contribution < 1.29 is 19.0 Å². The molecule has 0 fully saturated rings. The van der Waals surface area contributed by atoms with Gasteiger partial charge in [0, 0.05) is 12.5 Å². The molecule has 1 aromatic rings. The number of esters is 1. The Kier molecular flexibility index (Phi) is 4.61. The van der Waals surface area contributed by atoms with Crippen molar-refractivity contribution in [1.82, 2.24) is 0 Å². The highest BCUT2D eigenvalue weighted by molar-refractivity contribution is 5.87. The fourth-order valence-corrected chi connectivity index (χ4v) is 1.69. The van der Waals surface area contributed by atoms with Gasteiger partial charge in [0.1, 0.15) is 6.07 Å². The number of hydrogen-bond acceptors (Lipinski definition) is 5. The van der Waals surface area contributed by atoms with E-state index < -0.39 is 12.1 Å². The van der Waals surface area contributed by atoms with Crippen molar-refractivity contribution in [2.24, 2.45) is 0 Å². The molecule has 2 rings (SSSR count). The number of benzene rings is 1. The van der Waals surface area contributed by atoms with Gasteiger partial charge < -0.3 is 14.2 Å². The Bertz CT molecular complexity index is 559. The molecule has 0 unspecified atom stereocenters. The molecule has 5 heteroatoms. The summed E-state index contributed by atoms with van der Waals surface area (Å²) in [6.45, 7) is 2.77. The lowest BCUT2D eigenvalue weighted by atomic mass is 10.2. The van der Waals surface area contributed by atoms with Crippen LogP contribution in [0.15, 0.2) is 24.3 Å². The Morgan fingerprint density at radius 3 is 2.90 bits per heavy atom. The summed E-state index contributed by atoms with van der Waals surface area (Å²) in [5, 5.41) is 8.55. The van der Waals surface area contributed by atoms with Gasteiger partial charge in [-0.25, -0.2) is 4.79 Å². The second-order valence-corrected chi connectivity index (χ2v) is 4.30. The van der Waals surface area contributed by atoms with E-state index >= 15 is 0 Å². The summed E-state index contributed by atoms with van der Waals surface area (Å²) >= 11 is 0. The molecule has 0 bridgehead atoms. The summed E-state index contributed by atoms with van der Waals surface area (Å²) in [7, 11) is 0. The Labute approximate surface area is 117 Å². The molecule has 0 saturated heterocycles. The van der Waals surface area contributed by atoms with Crippen molar-refractivity contribution in [3.05, 3.63) is 29.8 Å². The molecule has 0 aliphatic carbocycles. The van der Waals surface area contributed by atoms with Crippen molar-refractivity contribution in [1.29, 1.82) is 5.26 Å². The third-order valence-corrected chi connectivity index (χ3v) is 2.66. The largest absolute Gasteiger partial charge is 0.490 e. The molecular formula is C15H15NO4. The molecule has 20 heavy (non-hydrogen) atoms. The van der Waals surface area contributed by atoms with Crippen molar-refractivity contribution in [2.75, 3.05) is 13.2 Å². The van der Waals surface area contributed by atoms with E-state index in [0.717, 1.165) is 12.0 Å². The first-order valence-corrected chi connectivity index (χ1v) is 6.37. The highest BCUT2D eigenvalue weighted by Crippen LogP contribution is 2.30. The van der Waals surface area contributed by atoms with Crippen molar-refractivity contribution >= 4 is 12.0 Å². The molecule has 1 atom stereocenters. The van der Waals surface area contributed by atoms with Crippen LogP contribution in [0.3, 0.4) is 0 Å². The summed E-state index contributed by atoms with van der Waals surface area (Å²) in [5.74, 6) is 0.829. The molecular weight excluding hydrogens is 258 g/mol. The van der Waals surface area contributed by atoms with E-state index in [-0.39, 0.29) is 0 Å². The maximum absolute atomic E-state index is 11.4. The maximum Gasteiger partial charge on any atom is 0.332 e. The lowest BCUT2D eigenvalue weighted by Crippen LogP contribution is -2.10. The third kappa shape index (κ3) is 3.75. The SMILES string of the molecule is C[C@@H](C#N)OC(=O)/C=C/c1ccc2c(c1)OCCCO2. The number of nitrogens with zero attached hydrogens (tertiary/aromatic N) is 1. The minimum atomic E-state index is -0.754. The van der Waals surface area contributed by atoms with Gasteiger partial charge in [-0.15, -0.1) is 0 Å². The van der Waals surface area contributed by atoms with Crippen LogP contribution in [0, 0.1) is 11.3 Å². The molecule has 1 aliphatic rings. The van der Waals surface area contributed by atoms with Gasteiger partial charge in [-0.3, -0.25) is 0 Å². The van der Waals surface area contributed by atoms with Crippen molar-refractivity contribution in [3.8, 4) is 17.6 Å². The highest BCUT2D eigenvalue weighted by Gasteiger charge is 2.10. The maximum atomic E-state index is 11.4. The van der Waals surface area contributed by atoms with Crippen LogP contribution >= 0.6 is 0 Å². The van der Waals surface area contributed by atoms with Gasteiger partial charge >= 0.3 is 5.97 Å². The van der Waals surface area contributed by atoms with E-state index in [1.54, 1.807) is 12.1 Å². The zero-order valence-electron chi connectivity index (χ0n) is 11.2. The lowest BCUT2D eigenvalue weighted by molar-refractivity contribution is -0.139. The van der Waals surface area contributed by atoms with Crippen LogP contribution in [0.25, 0.3) is 6.08 Å². The second kappa shape index (κ2) is 6.62. The van der Waals surface area contributed by atoms with Crippen molar-refractivity contribution in [3.63, 3.8) is 0 Å². The quantitative estimate of drug-likeness (QED) is 0.624. The fourth-order valence-electron chi connectivity index (χ4n) is 1.69. The van der Waals surface area contributed by atoms with E-state index in [0.29, 0.717) is 24.7 Å². The van der Waals surface area contributed by atoms with Crippen LogP contribution in [0.5, 0.6) is 11.5 Å². The van der Waals surface area contributed by atoms with Crippen LogP contribution in [0.1, 0.15) is 18.9 Å². The number of carbonyl (C=O) groups is 1. The fraction of sp³-hybridized carbons (Fsp3) is 0.333. The first kappa shape index (κ1) is 13.9. The number of nitriles is 1. The predicted molar refractivity (Wildman–Crippen MR) is 72.3 cm³/mol. The number of carbonyl (C=O) groups excluding carboxylic acids is 1. The molecule has 0 radical (unpaired) electrons. The van der Waals surface area contributed by atoms with Gasteiger partial charge in [0.15, 0.2) is 17.6 Å². The summed E-state index contributed by atoms with van der Waals surface area (Å²) in [6.07, 6.45) is 2.99. The first-order valence-electron chi connectivity index (χ1n) is 6.37. The van der Waals surface area contributed by atoms with E-state index in [4.69, 9.17) is 19.5 Å². The lowest BCUT2D eigenvalue weighted by Gasteiger charge is -2.07. The number of rotatable bonds is 3. The molecule has 5 nitrogen and oxygen atoms in total. The average Bonchev–Trinajstić information content (AvgIpc) is 2.69. The zero-order chi connectivity index (χ0) is 14.4. The molecule has 1 aliphatic heterocycles. The van der Waals surface area contributed by atoms with Gasteiger partial charge in [0.2, 0.25) is 0 Å².